The fourth-order valence-electron chi connectivity index (χ4n) is 0. The molecular weight excluding hydrogens is 210 g/mol. The van der Waals surface area contributed by atoms with Gasteiger partial charge in [-0.3, -0.25) is 0 Å². The molecule has 0 amide bonds. The third kappa shape index (κ3) is 36.7. The summed E-state index contributed by atoms with van der Waals surface area (Å²) in [6.07, 6.45) is 2.28. The van der Waals surface area contributed by atoms with Crippen molar-refractivity contribution >= 4 is 0 Å². The number of hydrogen-bond donors (Lipinski definition) is 0. The SMILES string of the molecule is [CH2-]CCC.[Cl-].[Cl-].[Zr+3]. The van der Waals surface area contributed by atoms with Crippen LogP contribution in [0.5, 0.6) is 0 Å². The van der Waals surface area contributed by atoms with Crippen LogP contribution in [0.2, 0.25) is 0 Å². The van der Waals surface area contributed by atoms with Crippen molar-refractivity contribution in [1.29, 1.82) is 0 Å². The first kappa shape index (κ1) is 23.7. The molecule has 0 nitrogen and oxygen atoms in total. The average Bonchev–Trinajstić information content (AvgIpc) is 1.37. The van der Waals surface area contributed by atoms with Crippen LogP contribution in [0.15, 0.2) is 0 Å². The Balaban J connectivity index is -0.0000000150. The Bertz CT molecular complexity index is 11.7. The first-order valence-electron chi connectivity index (χ1n) is 1.71. The maximum atomic E-state index is 3.60. The van der Waals surface area contributed by atoms with E-state index in [0.29, 0.717) is 0 Å². The van der Waals surface area contributed by atoms with Crippen LogP contribution in [-0.2, 0) is 26.2 Å². The third-order valence-electron chi connectivity index (χ3n) is 0.354. The van der Waals surface area contributed by atoms with Crippen molar-refractivity contribution in [2.24, 2.45) is 0 Å². The van der Waals surface area contributed by atoms with Crippen LogP contribution in [0.1, 0.15) is 19.8 Å². The molecule has 7 heavy (non-hydrogen) atoms. The molecule has 43 valence electrons. The van der Waals surface area contributed by atoms with E-state index >= 15 is 0 Å². The molecule has 0 bridgehead atoms. The smallest absolute Gasteiger partial charge is 1.00 e. The second-order valence-electron chi connectivity index (χ2n) is 0.854. The van der Waals surface area contributed by atoms with Crippen LogP contribution in [0.3, 0.4) is 0 Å². The van der Waals surface area contributed by atoms with Crippen molar-refractivity contribution < 1.29 is 51.0 Å². The van der Waals surface area contributed by atoms with E-state index in [0.717, 1.165) is 6.42 Å². The van der Waals surface area contributed by atoms with E-state index < -0.39 is 0 Å². The molecule has 0 spiro atoms. The van der Waals surface area contributed by atoms with Gasteiger partial charge in [0.2, 0.25) is 0 Å². The molecule has 1 radical (unpaired) electrons. The van der Waals surface area contributed by atoms with Gasteiger partial charge in [0, 0.05) is 0 Å². The second kappa shape index (κ2) is 26.0. The average molecular weight is 219 g/mol. The fraction of sp³-hybridized carbons (Fsp3) is 0.750. The van der Waals surface area contributed by atoms with E-state index in [1.165, 1.54) is 6.42 Å². The summed E-state index contributed by atoms with van der Waals surface area (Å²) in [6.45, 7) is 5.72. The summed E-state index contributed by atoms with van der Waals surface area (Å²) < 4.78 is 0. The minimum Gasteiger partial charge on any atom is -1.00 e. The molecule has 0 unspecified atom stereocenters. The summed E-state index contributed by atoms with van der Waals surface area (Å²) in [5, 5.41) is 0. The fourth-order valence-corrected chi connectivity index (χ4v) is 0. The summed E-state index contributed by atoms with van der Waals surface area (Å²) in [6, 6.07) is 0. The van der Waals surface area contributed by atoms with E-state index in [2.05, 4.69) is 13.8 Å². The number of halogens is 2. The van der Waals surface area contributed by atoms with Crippen molar-refractivity contribution in [3.63, 3.8) is 0 Å². The molecule has 0 aliphatic rings. The maximum absolute atomic E-state index is 3.60. The molecule has 0 saturated carbocycles. The Hall–Kier alpha value is 1.46. The van der Waals surface area contributed by atoms with E-state index in [9.17, 15) is 0 Å². The first-order chi connectivity index (χ1) is 1.91. The van der Waals surface area contributed by atoms with Gasteiger partial charge in [0.1, 0.15) is 0 Å². The Morgan fingerprint density at radius 1 is 1.29 bits per heavy atom. The molecule has 0 heterocycles. The van der Waals surface area contributed by atoms with Crippen LogP contribution >= 0.6 is 0 Å². The van der Waals surface area contributed by atoms with Gasteiger partial charge in [0.15, 0.2) is 0 Å². The standard InChI is InChI=1S/C4H9.2ClH.Zr/c1-3-4-2;;;/h1,3-4H2,2H3;2*1H;/q-1;;;+3/p-2. The van der Waals surface area contributed by atoms with Gasteiger partial charge in [-0.05, 0) is 0 Å². The minimum absolute atomic E-state index is 0. The van der Waals surface area contributed by atoms with Crippen molar-refractivity contribution in [3.8, 4) is 0 Å². The molecule has 0 aliphatic heterocycles. The molecule has 0 N–H and O–H groups in total. The van der Waals surface area contributed by atoms with Gasteiger partial charge in [0.25, 0.3) is 0 Å². The summed E-state index contributed by atoms with van der Waals surface area (Å²) in [5.41, 5.74) is 0. The van der Waals surface area contributed by atoms with Gasteiger partial charge in [0.05, 0.1) is 0 Å². The third-order valence-corrected chi connectivity index (χ3v) is 0.354. The van der Waals surface area contributed by atoms with Crippen molar-refractivity contribution in [2.45, 2.75) is 19.8 Å². The van der Waals surface area contributed by atoms with Crippen LogP contribution in [0.25, 0.3) is 0 Å². The Morgan fingerprint density at radius 2 is 1.43 bits per heavy atom. The topological polar surface area (TPSA) is 0 Å². The number of rotatable bonds is 1. The largest absolute Gasteiger partial charge is 3.00 e. The Morgan fingerprint density at radius 3 is 1.43 bits per heavy atom. The van der Waals surface area contributed by atoms with Crippen molar-refractivity contribution in [3.05, 3.63) is 6.92 Å². The maximum Gasteiger partial charge on any atom is 3.00 e. The van der Waals surface area contributed by atoms with Gasteiger partial charge < -0.3 is 31.7 Å². The number of hydrogen-bond acceptors (Lipinski definition) is 0. The van der Waals surface area contributed by atoms with E-state index in [1.54, 1.807) is 0 Å². The van der Waals surface area contributed by atoms with Crippen molar-refractivity contribution in [1.82, 2.24) is 0 Å². The molecule has 3 heteroatoms. The van der Waals surface area contributed by atoms with Crippen LogP contribution in [0, 0.1) is 6.92 Å². The van der Waals surface area contributed by atoms with Gasteiger partial charge in [-0.1, -0.05) is 13.3 Å². The van der Waals surface area contributed by atoms with Crippen LogP contribution in [-0.4, -0.2) is 0 Å². The van der Waals surface area contributed by atoms with Gasteiger partial charge >= 0.3 is 26.2 Å². The second-order valence-corrected chi connectivity index (χ2v) is 0.854. The summed E-state index contributed by atoms with van der Waals surface area (Å²) in [5.74, 6) is 0. The molecule has 0 fully saturated rings. The zero-order valence-electron chi connectivity index (χ0n) is 4.38. The molecule has 0 aromatic rings. The molecule has 0 aromatic carbocycles. The molecule has 0 aliphatic carbocycles. The predicted molar refractivity (Wildman–Crippen MR) is 20.3 cm³/mol. The van der Waals surface area contributed by atoms with Crippen LogP contribution < -0.4 is 24.8 Å². The normalized spacial score (nSPS) is 4.29. The first-order valence-corrected chi connectivity index (χ1v) is 1.71. The minimum atomic E-state index is 0. The van der Waals surface area contributed by atoms with E-state index in [1.807, 2.05) is 0 Å². The Kier molecular flexibility index (Phi) is 87.9. The predicted octanol–water partition coefficient (Wildman–Crippen LogP) is -4.37. The summed E-state index contributed by atoms with van der Waals surface area (Å²) in [4.78, 5) is 0. The quantitative estimate of drug-likeness (QED) is 0.391. The molecular formula is C4H9Cl2Zr. The van der Waals surface area contributed by atoms with E-state index in [-0.39, 0.29) is 51.0 Å². The zero-order valence-corrected chi connectivity index (χ0v) is 8.35. The van der Waals surface area contributed by atoms with Gasteiger partial charge in [-0.2, -0.15) is 6.42 Å². The molecule has 0 atom stereocenters. The molecule has 0 saturated heterocycles. The zero-order chi connectivity index (χ0) is 3.41. The molecule has 0 rings (SSSR count). The monoisotopic (exact) mass is 217 g/mol. The van der Waals surface area contributed by atoms with Gasteiger partial charge in [-0.15, -0.1) is 0 Å². The van der Waals surface area contributed by atoms with E-state index in [4.69, 9.17) is 0 Å². The van der Waals surface area contributed by atoms with Crippen molar-refractivity contribution in [2.75, 3.05) is 0 Å². The molecule has 0 aromatic heterocycles. The van der Waals surface area contributed by atoms with Gasteiger partial charge in [-0.25, -0.2) is 0 Å². The summed E-state index contributed by atoms with van der Waals surface area (Å²) in [7, 11) is 0. The van der Waals surface area contributed by atoms with Crippen LogP contribution in [0.4, 0.5) is 0 Å². The number of unbranched alkanes of at least 4 members (excludes halogenated alkanes) is 1. The summed E-state index contributed by atoms with van der Waals surface area (Å²) >= 11 is 0. The Labute approximate surface area is 77.4 Å².